The highest BCUT2D eigenvalue weighted by Gasteiger charge is 2.27. The number of benzene rings is 1. The molecule has 102 valence electrons. The van der Waals surface area contributed by atoms with Crippen LogP contribution in [0.15, 0.2) is 36.5 Å². The summed E-state index contributed by atoms with van der Waals surface area (Å²) < 4.78 is 0. The van der Waals surface area contributed by atoms with Crippen molar-refractivity contribution in [1.82, 2.24) is 10.3 Å². The van der Waals surface area contributed by atoms with Crippen molar-refractivity contribution >= 4 is 22.5 Å². The lowest BCUT2D eigenvalue weighted by atomic mass is 9.88. The van der Waals surface area contributed by atoms with E-state index in [1.165, 1.54) is 0 Å². The summed E-state index contributed by atoms with van der Waals surface area (Å²) in [4.78, 5) is 16.7. The predicted molar refractivity (Wildman–Crippen MR) is 80.2 cm³/mol. The first-order valence-electron chi connectivity index (χ1n) is 6.70. The molecule has 4 nitrogen and oxygen atoms in total. The Kier molecular flexibility index (Phi) is 2.93. The summed E-state index contributed by atoms with van der Waals surface area (Å²) >= 11 is 0. The number of aryl methyl sites for hydroxylation is 1. The van der Waals surface area contributed by atoms with Crippen molar-refractivity contribution in [3.8, 4) is 0 Å². The number of aromatic nitrogens is 1. The van der Waals surface area contributed by atoms with Crippen molar-refractivity contribution < 1.29 is 4.79 Å². The average molecular weight is 267 g/mol. The zero-order valence-electron chi connectivity index (χ0n) is 11.4. The van der Waals surface area contributed by atoms with Gasteiger partial charge in [-0.2, -0.15) is 0 Å². The molecule has 4 heteroatoms. The number of rotatable bonds is 1. The molecule has 0 spiro atoms. The van der Waals surface area contributed by atoms with E-state index in [2.05, 4.69) is 16.9 Å². The fourth-order valence-electron chi connectivity index (χ4n) is 2.75. The van der Waals surface area contributed by atoms with Gasteiger partial charge in [0.15, 0.2) is 0 Å². The van der Waals surface area contributed by atoms with Gasteiger partial charge in [-0.3, -0.25) is 9.78 Å². The Labute approximate surface area is 117 Å². The van der Waals surface area contributed by atoms with Crippen molar-refractivity contribution in [1.29, 1.82) is 0 Å². The summed E-state index contributed by atoms with van der Waals surface area (Å²) in [6.07, 6.45) is 1.57. The number of pyridine rings is 1. The van der Waals surface area contributed by atoms with E-state index in [0.717, 1.165) is 40.7 Å². The minimum Gasteiger partial charge on any atom is -0.398 e. The van der Waals surface area contributed by atoms with Crippen LogP contribution in [0.4, 0.5) is 5.69 Å². The van der Waals surface area contributed by atoms with E-state index >= 15 is 0 Å². The van der Waals surface area contributed by atoms with Crippen LogP contribution in [-0.4, -0.2) is 10.9 Å². The topological polar surface area (TPSA) is 68.0 Å². The lowest BCUT2D eigenvalue weighted by Crippen LogP contribution is -2.33. The molecule has 0 aliphatic carbocycles. The number of nitrogens with two attached hydrogens (primary N) is 1. The molecule has 2 aromatic rings. The van der Waals surface area contributed by atoms with E-state index in [9.17, 15) is 4.79 Å². The van der Waals surface area contributed by atoms with Crippen molar-refractivity contribution in [2.75, 3.05) is 5.73 Å². The van der Waals surface area contributed by atoms with Crippen LogP contribution in [0.1, 0.15) is 30.0 Å². The van der Waals surface area contributed by atoms with Crippen LogP contribution in [-0.2, 0) is 4.79 Å². The molecule has 0 bridgehead atoms. The highest BCUT2D eigenvalue weighted by atomic mass is 16.2. The van der Waals surface area contributed by atoms with Crippen LogP contribution in [0.5, 0.6) is 0 Å². The van der Waals surface area contributed by atoms with Crippen molar-refractivity contribution in [3.05, 3.63) is 47.8 Å². The number of carbonyl (C=O) groups excluding carboxylic acids is 1. The van der Waals surface area contributed by atoms with Gasteiger partial charge >= 0.3 is 0 Å². The number of hydrogen-bond acceptors (Lipinski definition) is 3. The van der Waals surface area contributed by atoms with Gasteiger partial charge < -0.3 is 11.1 Å². The van der Waals surface area contributed by atoms with Crippen LogP contribution >= 0.6 is 0 Å². The Bertz CT molecular complexity index is 721. The number of nitrogen functional groups attached to an aromatic ring is 1. The molecule has 20 heavy (non-hydrogen) atoms. The van der Waals surface area contributed by atoms with E-state index in [-0.39, 0.29) is 11.8 Å². The summed E-state index contributed by atoms with van der Waals surface area (Å²) in [6, 6.07) is 7.68. The Balaban J connectivity index is 2.11. The van der Waals surface area contributed by atoms with E-state index in [1.54, 1.807) is 0 Å². The number of carbonyl (C=O) groups is 1. The van der Waals surface area contributed by atoms with Gasteiger partial charge in [-0.1, -0.05) is 12.6 Å². The highest BCUT2D eigenvalue weighted by molar-refractivity contribution is 5.93. The zero-order chi connectivity index (χ0) is 14.3. The van der Waals surface area contributed by atoms with Crippen molar-refractivity contribution in [3.63, 3.8) is 0 Å². The molecule has 1 amide bonds. The maximum absolute atomic E-state index is 12.1. The van der Waals surface area contributed by atoms with Crippen LogP contribution in [0.2, 0.25) is 0 Å². The summed E-state index contributed by atoms with van der Waals surface area (Å²) in [5.41, 5.74) is 10.2. The van der Waals surface area contributed by atoms with E-state index in [0.29, 0.717) is 5.69 Å². The number of amides is 1. The quantitative estimate of drug-likeness (QED) is 0.780. The number of nitrogens with one attached hydrogen (secondary N) is 1. The Morgan fingerprint density at radius 2 is 2.25 bits per heavy atom. The Morgan fingerprint density at radius 3 is 3.00 bits per heavy atom. The Hall–Kier alpha value is -2.36. The summed E-state index contributed by atoms with van der Waals surface area (Å²) in [7, 11) is 0. The number of anilines is 1. The maximum atomic E-state index is 12.1. The van der Waals surface area contributed by atoms with Gasteiger partial charge in [0, 0.05) is 22.5 Å². The second-order valence-corrected chi connectivity index (χ2v) is 5.26. The number of allylic oxidation sites excluding steroid dienone is 1. The molecule has 3 rings (SSSR count). The molecule has 2 heterocycles. The third-order valence-corrected chi connectivity index (χ3v) is 3.85. The molecule has 1 aliphatic rings. The summed E-state index contributed by atoms with van der Waals surface area (Å²) in [6.45, 7) is 5.75. The standard InChI is InChI=1S/C16H17N3O/c1-9-6-7-11(16(20)18-9)12-8-13-14(17)4-3-5-15(13)19-10(12)2/h3-5,8,11H,1,6-7,17H2,2H3,(H,18,20). The van der Waals surface area contributed by atoms with Crippen LogP contribution in [0.25, 0.3) is 10.9 Å². The molecule has 1 aromatic heterocycles. The summed E-state index contributed by atoms with van der Waals surface area (Å²) in [5.74, 6) is -0.169. The minimum absolute atomic E-state index is 0.00000236. The SMILES string of the molecule is C=C1CCC(c2cc3c(N)cccc3nc2C)C(=O)N1. The maximum Gasteiger partial charge on any atom is 0.231 e. The van der Waals surface area contributed by atoms with Crippen molar-refractivity contribution in [2.45, 2.75) is 25.7 Å². The number of fused-ring (bicyclic) bond motifs is 1. The molecule has 1 atom stereocenters. The first kappa shape index (κ1) is 12.7. The molecular weight excluding hydrogens is 250 g/mol. The third-order valence-electron chi connectivity index (χ3n) is 3.85. The lowest BCUT2D eigenvalue weighted by molar-refractivity contribution is -0.122. The van der Waals surface area contributed by atoms with Gasteiger partial charge in [-0.25, -0.2) is 0 Å². The molecule has 1 unspecified atom stereocenters. The smallest absolute Gasteiger partial charge is 0.231 e. The molecule has 1 aliphatic heterocycles. The third kappa shape index (κ3) is 2.03. The van der Waals surface area contributed by atoms with Gasteiger partial charge in [0.2, 0.25) is 5.91 Å². The number of hydrogen-bond donors (Lipinski definition) is 2. The predicted octanol–water partition coefficient (Wildman–Crippen LogP) is 2.63. The fourth-order valence-corrected chi connectivity index (χ4v) is 2.75. The normalized spacial score (nSPS) is 19.1. The monoisotopic (exact) mass is 267 g/mol. The second-order valence-electron chi connectivity index (χ2n) is 5.26. The molecular formula is C16H17N3O. The van der Waals surface area contributed by atoms with Crippen LogP contribution < -0.4 is 11.1 Å². The lowest BCUT2D eigenvalue weighted by Gasteiger charge is -2.25. The zero-order valence-corrected chi connectivity index (χ0v) is 11.4. The van der Waals surface area contributed by atoms with Gasteiger partial charge in [0.05, 0.1) is 11.4 Å². The van der Waals surface area contributed by atoms with E-state index < -0.39 is 0 Å². The van der Waals surface area contributed by atoms with Gasteiger partial charge in [0.1, 0.15) is 0 Å². The van der Waals surface area contributed by atoms with Crippen LogP contribution in [0, 0.1) is 6.92 Å². The Morgan fingerprint density at radius 1 is 1.45 bits per heavy atom. The largest absolute Gasteiger partial charge is 0.398 e. The first-order chi connectivity index (χ1) is 9.56. The van der Waals surface area contributed by atoms with Gasteiger partial charge in [-0.05, 0) is 43.5 Å². The average Bonchev–Trinajstić information content (AvgIpc) is 2.39. The second kappa shape index (κ2) is 4.63. The molecule has 1 fully saturated rings. The molecule has 0 saturated carbocycles. The number of nitrogens with zero attached hydrogens (tertiary/aromatic N) is 1. The number of piperidine rings is 1. The molecule has 0 radical (unpaired) electrons. The molecule has 1 aromatic carbocycles. The van der Waals surface area contributed by atoms with E-state index in [1.807, 2.05) is 31.2 Å². The highest BCUT2D eigenvalue weighted by Crippen LogP contribution is 2.32. The summed E-state index contributed by atoms with van der Waals surface area (Å²) in [5, 5.41) is 3.73. The van der Waals surface area contributed by atoms with Gasteiger partial charge in [-0.15, -0.1) is 0 Å². The first-order valence-corrected chi connectivity index (χ1v) is 6.70. The molecule has 3 N–H and O–H groups in total. The van der Waals surface area contributed by atoms with Crippen molar-refractivity contribution in [2.24, 2.45) is 0 Å². The minimum atomic E-state index is -0.169. The molecule has 1 saturated heterocycles. The van der Waals surface area contributed by atoms with E-state index in [4.69, 9.17) is 5.73 Å². The van der Waals surface area contributed by atoms with Crippen LogP contribution in [0.3, 0.4) is 0 Å². The van der Waals surface area contributed by atoms with Gasteiger partial charge in [0.25, 0.3) is 0 Å². The fraction of sp³-hybridized carbons (Fsp3) is 0.250.